The number of pyridine rings is 1. The number of methoxy groups -OCH3 is 2. The Hall–Kier alpha value is -3.41. The summed E-state index contributed by atoms with van der Waals surface area (Å²) in [6, 6.07) is 14.9. The molecule has 0 saturated carbocycles. The van der Waals surface area contributed by atoms with Crippen LogP contribution in [-0.2, 0) is 11.2 Å². The predicted octanol–water partition coefficient (Wildman–Crippen LogP) is 4.20. The van der Waals surface area contributed by atoms with Gasteiger partial charge in [-0.1, -0.05) is 18.2 Å². The first-order chi connectivity index (χ1) is 13.6. The maximum Gasteiger partial charge on any atom is 0.232 e. The van der Waals surface area contributed by atoms with Crippen LogP contribution in [0.3, 0.4) is 0 Å². The van der Waals surface area contributed by atoms with Gasteiger partial charge in [-0.3, -0.25) is 9.78 Å². The Morgan fingerprint density at radius 1 is 1.11 bits per heavy atom. The van der Waals surface area contributed by atoms with Gasteiger partial charge in [-0.25, -0.2) is 4.39 Å². The predicted molar refractivity (Wildman–Crippen MR) is 105 cm³/mol. The van der Waals surface area contributed by atoms with Crippen molar-refractivity contribution in [2.24, 2.45) is 0 Å². The number of amides is 1. The van der Waals surface area contributed by atoms with Crippen molar-refractivity contribution in [2.45, 2.75) is 12.3 Å². The van der Waals surface area contributed by atoms with Crippen LogP contribution in [0.2, 0.25) is 0 Å². The number of nitrogens with one attached hydrogen (secondary N) is 1. The summed E-state index contributed by atoms with van der Waals surface area (Å²) < 4.78 is 23.9. The number of carbonyl (C=O) groups is 1. The van der Waals surface area contributed by atoms with Crippen molar-refractivity contribution in [3.8, 4) is 11.5 Å². The van der Waals surface area contributed by atoms with Crippen LogP contribution >= 0.6 is 0 Å². The van der Waals surface area contributed by atoms with E-state index >= 15 is 0 Å². The summed E-state index contributed by atoms with van der Waals surface area (Å²) in [6.45, 7) is 0. The number of nitrogens with zero attached hydrogens (tertiary/aromatic N) is 1. The number of benzene rings is 2. The fraction of sp³-hybridized carbons (Fsp3) is 0.182. The second-order valence-corrected chi connectivity index (χ2v) is 6.22. The highest BCUT2D eigenvalue weighted by molar-refractivity contribution is 5.97. The highest BCUT2D eigenvalue weighted by Crippen LogP contribution is 2.31. The lowest BCUT2D eigenvalue weighted by atomic mass is 9.91. The van der Waals surface area contributed by atoms with Gasteiger partial charge in [0.1, 0.15) is 17.3 Å². The lowest BCUT2D eigenvalue weighted by molar-refractivity contribution is -0.117. The van der Waals surface area contributed by atoms with Crippen molar-refractivity contribution >= 4 is 11.6 Å². The van der Waals surface area contributed by atoms with Gasteiger partial charge >= 0.3 is 0 Å². The topological polar surface area (TPSA) is 60.5 Å². The molecule has 5 nitrogen and oxygen atoms in total. The van der Waals surface area contributed by atoms with Gasteiger partial charge in [-0.15, -0.1) is 0 Å². The maximum absolute atomic E-state index is 13.4. The molecule has 2 aromatic carbocycles. The van der Waals surface area contributed by atoms with Crippen molar-refractivity contribution in [1.82, 2.24) is 4.98 Å². The van der Waals surface area contributed by atoms with E-state index in [4.69, 9.17) is 9.47 Å². The number of hydrogen-bond acceptors (Lipinski definition) is 4. The second-order valence-electron chi connectivity index (χ2n) is 6.22. The first-order valence-corrected chi connectivity index (χ1v) is 8.78. The molecular formula is C22H21FN2O3. The van der Waals surface area contributed by atoms with E-state index in [9.17, 15) is 9.18 Å². The van der Waals surface area contributed by atoms with Gasteiger partial charge in [0, 0.05) is 18.5 Å². The number of halogens is 1. The van der Waals surface area contributed by atoms with Crippen LogP contribution in [0.1, 0.15) is 17.0 Å². The van der Waals surface area contributed by atoms with Gasteiger partial charge in [0.2, 0.25) is 5.91 Å². The van der Waals surface area contributed by atoms with Crippen LogP contribution in [0.5, 0.6) is 11.5 Å². The molecule has 0 fully saturated rings. The zero-order valence-electron chi connectivity index (χ0n) is 15.7. The third-order valence-corrected chi connectivity index (χ3v) is 4.42. The standard InChI is InChI=1S/C22H21FN2O3/c1-27-18-9-10-20(21(13-18)28-2)25-22(26)19(12-15-4-3-11-24-14-15)16-5-7-17(23)8-6-16/h3-11,13-14,19H,12H2,1-2H3,(H,25,26). The van der Waals surface area contributed by atoms with Crippen LogP contribution in [0, 0.1) is 5.82 Å². The van der Waals surface area contributed by atoms with E-state index in [1.807, 2.05) is 12.1 Å². The molecule has 1 N–H and O–H groups in total. The average molecular weight is 380 g/mol. The molecule has 1 atom stereocenters. The Labute approximate surface area is 163 Å². The fourth-order valence-electron chi connectivity index (χ4n) is 2.93. The van der Waals surface area contributed by atoms with E-state index in [-0.39, 0.29) is 11.7 Å². The Bertz CT molecular complexity index is 930. The summed E-state index contributed by atoms with van der Waals surface area (Å²) in [4.78, 5) is 17.2. The van der Waals surface area contributed by atoms with E-state index in [1.54, 1.807) is 49.8 Å². The van der Waals surface area contributed by atoms with Crippen LogP contribution in [0.25, 0.3) is 0 Å². The molecule has 144 valence electrons. The number of rotatable bonds is 7. The molecule has 6 heteroatoms. The number of ether oxygens (including phenoxy) is 2. The molecule has 3 rings (SSSR count). The molecule has 1 unspecified atom stereocenters. The Kier molecular flexibility index (Phi) is 6.22. The molecule has 3 aromatic rings. The quantitative estimate of drug-likeness (QED) is 0.667. The lowest BCUT2D eigenvalue weighted by Gasteiger charge is -2.19. The Balaban J connectivity index is 1.89. The summed E-state index contributed by atoms with van der Waals surface area (Å²) in [7, 11) is 3.09. The Morgan fingerprint density at radius 3 is 2.54 bits per heavy atom. The fourth-order valence-corrected chi connectivity index (χ4v) is 2.93. The van der Waals surface area contributed by atoms with Gasteiger partial charge in [0.15, 0.2) is 0 Å². The average Bonchev–Trinajstić information content (AvgIpc) is 2.73. The van der Waals surface area contributed by atoms with Gasteiger partial charge in [0.25, 0.3) is 0 Å². The molecule has 0 aliphatic rings. The second kappa shape index (κ2) is 8.99. The number of hydrogen-bond donors (Lipinski definition) is 1. The third-order valence-electron chi connectivity index (χ3n) is 4.42. The van der Waals surface area contributed by atoms with E-state index in [0.29, 0.717) is 23.6 Å². The first kappa shape index (κ1) is 19.4. The van der Waals surface area contributed by atoms with E-state index < -0.39 is 5.92 Å². The number of aromatic nitrogens is 1. The largest absolute Gasteiger partial charge is 0.497 e. The molecule has 1 amide bonds. The Morgan fingerprint density at radius 2 is 1.89 bits per heavy atom. The third kappa shape index (κ3) is 4.65. The van der Waals surface area contributed by atoms with Gasteiger partial charge in [-0.2, -0.15) is 0 Å². The molecule has 1 aromatic heterocycles. The van der Waals surface area contributed by atoms with Crippen molar-refractivity contribution in [1.29, 1.82) is 0 Å². The van der Waals surface area contributed by atoms with Crippen LogP contribution in [-0.4, -0.2) is 25.1 Å². The molecule has 1 heterocycles. The molecule has 0 bridgehead atoms. The zero-order chi connectivity index (χ0) is 19.9. The van der Waals surface area contributed by atoms with E-state index in [1.165, 1.54) is 19.2 Å². The summed E-state index contributed by atoms with van der Waals surface area (Å²) in [5, 5.41) is 2.91. The van der Waals surface area contributed by atoms with Crippen molar-refractivity contribution in [3.05, 3.63) is 83.9 Å². The highest BCUT2D eigenvalue weighted by Gasteiger charge is 2.23. The minimum atomic E-state index is -0.517. The smallest absolute Gasteiger partial charge is 0.232 e. The van der Waals surface area contributed by atoms with Crippen LogP contribution in [0.4, 0.5) is 10.1 Å². The van der Waals surface area contributed by atoms with Crippen molar-refractivity contribution < 1.29 is 18.7 Å². The van der Waals surface area contributed by atoms with Crippen LogP contribution < -0.4 is 14.8 Å². The SMILES string of the molecule is COc1ccc(NC(=O)C(Cc2cccnc2)c2ccc(F)cc2)c(OC)c1. The monoisotopic (exact) mass is 380 g/mol. The minimum Gasteiger partial charge on any atom is -0.497 e. The summed E-state index contributed by atoms with van der Waals surface area (Å²) in [5.74, 6) is 0.0314. The molecule has 0 radical (unpaired) electrons. The number of anilines is 1. The van der Waals surface area contributed by atoms with Gasteiger partial charge in [-0.05, 0) is 47.9 Å². The van der Waals surface area contributed by atoms with Crippen molar-refractivity contribution in [2.75, 3.05) is 19.5 Å². The van der Waals surface area contributed by atoms with E-state index in [2.05, 4.69) is 10.3 Å². The normalized spacial score (nSPS) is 11.5. The number of carbonyl (C=O) groups excluding carboxylic acids is 1. The zero-order valence-corrected chi connectivity index (χ0v) is 15.7. The summed E-state index contributed by atoms with van der Waals surface area (Å²) in [5.41, 5.74) is 2.16. The van der Waals surface area contributed by atoms with Gasteiger partial charge in [0.05, 0.1) is 25.8 Å². The molecule has 28 heavy (non-hydrogen) atoms. The maximum atomic E-state index is 13.4. The summed E-state index contributed by atoms with van der Waals surface area (Å²) in [6.07, 6.45) is 3.83. The van der Waals surface area contributed by atoms with Crippen LogP contribution in [0.15, 0.2) is 67.0 Å². The molecular weight excluding hydrogens is 359 g/mol. The first-order valence-electron chi connectivity index (χ1n) is 8.78. The minimum absolute atomic E-state index is 0.223. The highest BCUT2D eigenvalue weighted by atomic mass is 19.1. The van der Waals surface area contributed by atoms with Crippen molar-refractivity contribution in [3.63, 3.8) is 0 Å². The molecule has 0 spiro atoms. The van der Waals surface area contributed by atoms with E-state index in [0.717, 1.165) is 11.1 Å². The molecule has 0 aliphatic heterocycles. The summed E-state index contributed by atoms with van der Waals surface area (Å²) >= 11 is 0. The molecule has 0 aliphatic carbocycles. The van der Waals surface area contributed by atoms with Gasteiger partial charge < -0.3 is 14.8 Å². The lowest BCUT2D eigenvalue weighted by Crippen LogP contribution is -2.23. The molecule has 0 saturated heterocycles.